The van der Waals surface area contributed by atoms with Crippen molar-refractivity contribution in [2.24, 2.45) is 0 Å². The lowest BCUT2D eigenvalue weighted by Gasteiger charge is -2.22. The first-order valence-corrected chi connectivity index (χ1v) is 16.9. The summed E-state index contributed by atoms with van der Waals surface area (Å²) in [6, 6.07) is 0. The van der Waals surface area contributed by atoms with Gasteiger partial charge in [0, 0.05) is 0 Å². The lowest BCUT2D eigenvalue weighted by atomic mass is 10.1. The van der Waals surface area contributed by atoms with Crippen molar-refractivity contribution >= 4 is 7.82 Å². The predicted octanol–water partition coefficient (Wildman–Crippen LogP) is 9.67. The monoisotopic (exact) mass is 519 g/mol. The van der Waals surface area contributed by atoms with Crippen LogP contribution < -0.4 is 0 Å². The zero-order chi connectivity index (χ0) is 25.9. The lowest BCUT2D eigenvalue weighted by Crippen LogP contribution is -2.27. The first kappa shape index (κ1) is 35.1. The Morgan fingerprint density at radius 1 is 0.486 bits per heavy atom. The molecule has 0 bridgehead atoms. The van der Waals surface area contributed by atoms with E-state index in [1.54, 1.807) is 0 Å². The highest BCUT2D eigenvalue weighted by Gasteiger charge is 2.20. The van der Waals surface area contributed by atoms with E-state index in [9.17, 15) is 9.46 Å². The van der Waals surface area contributed by atoms with Crippen molar-refractivity contribution in [2.45, 2.75) is 156 Å². The Morgan fingerprint density at radius 2 is 0.771 bits per heavy atom. The van der Waals surface area contributed by atoms with Crippen LogP contribution in [0.2, 0.25) is 0 Å². The molecule has 5 nitrogen and oxygen atoms in total. The van der Waals surface area contributed by atoms with Gasteiger partial charge in [0.25, 0.3) is 0 Å². The second kappa shape index (κ2) is 27.1. The number of hydrogen-bond donors (Lipinski definition) is 1. The molecule has 1 atom stereocenters. The van der Waals surface area contributed by atoms with E-state index < -0.39 is 7.82 Å². The minimum Gasteiger partial charge on any atom is -0.303 e. The van der Waals surface area contributed by atoms with Gasteiger partial charge in [-0.05, 0) is 51.7 Å². The van der Waals surface area contributed by atoms with Gasteiger partial charge in [-0.2, -0.15) is 0 Å². The van der Waals surface area contributed by atoms with Gasteiger partial charge < -0.3 is 9.79 Å². The van der Waals surface area contributed by atoms with Crippen molar-refractivity contribution in [1.29, 1.82) is 0 Å². The number of hydrogen-bond acceptors (Lipinski definition) is 4. The Hall–Kier alpha value is 0.0700. The number of nitrogens with zero attached hydrogens (tertiary/aromatic N) is 1. The minimum absolute atomic E-state index is 0.298. The molecule has 0 aromatic carbocycles. The summed E-state index contributed by atoms with van der Waals surface area (Å²) >= 11 is 0. The van der Waals surface area contributed by atoms with Crippen LogP contribution in [0.3, 0.4) is 0 Å². The van der Waals surface area contributed by atoms with Crippen molar-refractivity contribution in [3.8, 4) is 0 Å². The van der Waals surface area contributed by atoms with E-state index in [4.69, 9.17) is 9.05 Å². The highest BCUT2D eigenvalue weighted by atomic mass is 31.2. The summed E-state index contributed by atoms with van der Waals surface area (Å²) in [4.78, 5) is 12.5. The molecular formula is C29H62NO4P. The van der Waals surface area contributed by atoms with E-state index in [2.05, 4.69) is 25.7 Å². The topological polar surface area (TPSA) is 59.0 Å². The van der Waals surface area contributed by atoms with E-state index in [0.717, 1.165) is 38.6 Å². The van der Waals surface area contributed by atoms with Gasteiger partial charge in [0.15, 0.2) is 0 Å². The summed E-state index contributed by atoms with van der Waals surface area (Å²) in [5.41, 5.74) is 0. The minimum atomic E-state index is -3.89. The maximum Gasteiger partial charge on any atom is 0.472 e. The van der Waals surface area contributed by atoms with Crippen molar-refractivity contribution in [3.63, 3.8) is 0 Å². The molecule has 0 aliphatic rings. The maximum atomic E-state index is 12.0. The molecule has 0 spiro atoms. The molecule has 212 valence electrons. The highest BCUT2D eigenvalue weighted by molar-refractivity contribution is 7.47. The van der Waals surface area contributed by atoms with Gasteiger partial charge in [-0.15, -0.1) is 0 Å². The molecule has 0 fully saturated rings. The third kappa shape index (κ3) is 26.9. The molecule has 1 unspecified atom stereocenters. The maximum absolute atomic E-state index is 12.0. The Balaban J connectivity index is 4.04. The average Bonchev–Trinajstić information content (AvgIpc) is 2.84. The normalized spacial score (nSPS) is 13.5. The number of phosphoric acid groups is 1. The first-order chi connectivity index (χ1) is 17.1. The van der Waals surface area contributed by atoms with Crippen LogP contribution in [0, 0.1) is 0 Å². The van der Waals surface area contributed by atoms with Crippen LogP contribution in [0.5, 0.6) is 0 Å². The van der Waals surface area contributed by atoms with Gasteiger partial charge in [-0.25, -0.2) is 4.57 Å². The number of unbranched alkanes of at least 4 members (excludes halogenated alkanes) is 17. The summed E-state index contributed by atoms with van der Waals surface area (Å²) in [6.07, 6.45) is 26.1. The molecule has 35 heavy (non-hydrogen) atoms. The van der Waals surface area contributed by atoms with Crippen molar-refractivity contribution in [2.75, 3.05) is 32.8 Å². The molecule has 0 aliphatic carbocycles. The quantitative estimate of drug-likeness (QED) is 0.0787. The molecule has 0 aromatic rings. The zero-order valence-electron chi connectivity index (χ0n) is 24.0. The van der Waals surface area contributed by atoms with Crippen LogP contribution in [0.15, 0.2) is 0 Å². The highest BCUT2D eigenvalue weighted by Crippen LogP contribution is 2.43. The Bertz CT molecular complexity index is 446. The van der Waals surface area contributed by atoms with Gasteiger partial charge in [0.1, 0.15) is 0 Å². The summed E-state index contributed by atoms with van der Waals surface area (Å²) in [6.45, 7) is 10.8. The molecule has 0 rings (SSSR count). The molecule has 6 heteroatoms. The molecule has 0 aromatic heterocycles. The van der Waals surface area contributed by atoms with E-state index in [1.807, 2.05) is 0 Å². The fourth-order valence-electron chi connectivity index (χ4n) is 4.46. The van der Waals surface area contributed by atoms with Gasteiger partial charge >= 0.3 is 7.82 Å². The largest absolute Gasteiger partial charge is 0.472 e. The number of phosphoric ester groups is 1. The molecule has 0 amide bonds. The van der Waals surface area contributed by atoms with Crippen molar-refractivity contribution in [1.82, 2.24) is 4.90 Å². The summed E-state index contributed by atoms with van der Waals surface area (Å²) in [5.74, 6) is 0. The summed E-state index contributed by atoms with van der Waals surface area (Å²) in [7, 11) is -3.89. The van der Waals surface area contributed by atoms with E-state index in [0.29, 0.717) is 13.2 Å². The van der Waals surface area contributed by atoms with Crippen LogP contribution in [0.25, 0.3) is 0 Å². The smallest absolute Gasteiger partial charge is 0.303 e. The predicted molar refractivity (Wildman–Crippen MR) is 152 cm³/mol. The van der Waals surface area contributed by atoms with Crippen LogP contribution in [-0.4, -0.2) is 42.6 Å². The van der Waals surface area contributed by atoms with Crippen molar-refractivity contribution in [3.05, 3.63) is 0 Å². The van der Waals surface area contributed by atoms with Gasteiger partial charge in [-0.3, -0.25) is 9.05 Å². The van der Waals surface area contributed by atoms with E-state index in [-0.39, 0.29) is 0 Å². The second-order valence-corrected chi connectivity index (χ2v) is 11.8. The van der Waals surface area contributed by atoms with Crippen LogP contribution in [0.4, 0.5) is 0 Å². The Kier molecular flexibility index (Phi) is 27.2. The van der Waals surface area contributed by atoms with Gasteiger partial charge in [0.05, 0.1) is 13.2 Å². The molecule has 0 radical (unpaired) electrons. The molecule has 0 heterocycles. The third-order valence-electron chi connectivity index (χ3n) is 6.78. The Morgan fingerprint density at radius 3 is 1.17 bits per heavy atom. The van der Waals surface area contributed by atoms with Gasteiger partial charge in [0.2, 0.25) is 0 Å². The van der Waals surface area contributed by atoms with Gasteiger partial charge in [-0.1, -0.05) is 124 Å². The van der Waals surface area contributed by atoms with Crippen molar-refractivity contribution < 1.29 is 18.5 Å². The fourth-order valence-corrected chi connectivity index (χ4v) is 5.25. The SMILES string of the molecule is CCCCCCCCCN(CCCCCCCCC)CCCCOP(=O)(O)OCCCCCCC. The molecule has 0 aliphatic heterocycles. The number of rotatable bonds is 29. The standard InChI is InChI=1S/C29H62NO4P/c1-4-7-10-13-15-17-20-25-30(26-21-18-16-14-11-8-5-2)27-22-24-29-34-35(31,32)33-28-23-19-12-9-6-3/h4-29H2,1-3H3,(H,31,32). The van der Waals surface area contributed by atoms with Crippen LogP contribution in [0.1, 0.15) is 156 Å². The average molecular weight is 520 g/mol. The lowest BCUT2D eigenvalue weighted by molar-refractivity contribution is 0.143. The molecule has 1 N–H and O–H groups in total. The van der Waals surface area contributed by atoms with E-state index >= 15 is 0 Å². The molecule has 0 saturated carbocycles. The molecular weight excluding hydrogens is 457 g/mol. The van der Waals surface area contributed by atoms with Crippen LogP contribution in [-0.2, 0) is 13.6 Å². The van der Waals surface area contributed by atoms with Crippen LogP contribution >= 0.6 is 7.82 Å². The fraction of sp³-hybridized carbons (Fsp3) is 1.00. The summed E-state index contributed by atoms with van der Waals surface area (Å²) < 4.78 is 22.4. The Labute approximate surface area is 219 Å². The molecule has 0 saturated heterocycles. The first-order valence-electron chi connectivity index (χ1n) is 15.4. The second-order valence-electron chi connectivity index (χ2n) is 10.3. The third-order valence-corrected chi connectivity index (χ3v) is 7.80. The van der Waals surface area contributed by atoms with E-state index in [1.165, 1.54) is 116 Å². The summed E-state index contributed by atoms with van der Waals surface area (Å²) in [5, 5.41) is 0. The zero-order valence-corrected chi connectivity index (χ0v) is 24.8.